The van der Waals surface area contributed by atoms with Crippen LogP contribution in [0.15, 0.2) is 11.6 Å². The molecule has 0 fully saturated rings. The van der Waals surface area contributed by atoms with Crippen molar-refractivity contribution in [1.82, 2.24) is 0 Å². The van der Waals surface area contributed by atoms with Gasteiger partial charge in [-0.2, -0.15) is 0 Å². The van der Waals surface area contributed by atoms with Crippen LogP contribution in [0.5, 0.6) is 11.5 Å². The number of carbonyl (C=O) groups excluding carboxylic acids is 2. The fourth-order valence-electron chi connectivity index (χ4n) is 2.86. The van der Waals surface area contributed by atoms with E-state index in [9.17, 15) is 9.59 Å². The highest BCUT2D eigenvalue weighted by molar-refractivity contribution is 5.75. The normalized spacial score (nSPS) is 8.08. The summed E-state index contributed by atoms with van der Waals surface area (Å²) in [6.45, 7) is 9.97. The Morgan fingerprint density at radius 1 is 0.641 bits per heavy atom. The van der Waals surface area contributed by atoms with Gasteiger partial charge in [-0.3, -0.25) is 9.59 Å². The van der Waals surface area contributed by atoms with E-state index >= 15 is 0 Å². The molecule has 0 N–H and O–H groups in total. The summed E-state index contributed by atoms with van der Waals surface area (Å²) < 4.78 is 10.9. The highest BCUT2D eigenvalue weighted by atomic mass is 16.5. The summed E-state index contributed by atoms with van der Waals surface area (Å²) in [5.41, 5.74) is 3.66. The van der Waals surface area contributed by atoms with Crippen molar-refractivity contribution in [3.63, 3.8) is 0 Å². The van der Waals surface area contributed by atoms with Gasteiger partial charge in [-0.25, -0.2) is 0 Å². The van der Waals surface area contributed by atoms with Crippen LogP contribution in [0.2, 0.25) is 0 Å². The molecule has 0 saturated heterocycles. The van der Waals surface area contributed by atoms with E-state index in [2.05, 4.69) is 101 Å². The molecule has 4 heteroatoms. The lowest BCUT2D eigenvalue weighted by Gasteiger charge is -2.20. The van der Waals surface area contributed by atoms with E-state index in [-0.39, 0.29) is 22.8 Å². The van der Waals surface area contributed by atoms with Gasteiger partial charge in [0.2, 0.25) is 0 Å². The van der Waals surface area contributed by atoms with Crippen LogP contribution < -0.4 is 9.47 Å². The van der Waals surface area contributed by atoms with E-state index in [1.165, 1.54) is 13.8 Å². The molecule has 0 bridgehead atoms. The summed E-state index contributed by atoms with van der Waals surface area (Å²) in [6.07, 6.45) is 7.24. The van der Waals surface area contributed by atoms with Crippen LogP contribution in [0, 0.1) is 128 Å². The number of hydrogen-bond acceptors (Lipinski definition) is 4. The Labute approximate surface area is 255 Å². The Kier molecular flexibility index (Phi) is 13.8. The fraction of sp³-hybridized carbons (Fsp3) is 0.200. The van der Waals surface area contributed by atoms with Crippen LogP contribution in [0.4, 0.5) is 0 Å². The van der Waals surface area contributed by atoms with Crippen molar-refractivity contribution in [3.05, 3.63) is 33.9 Å². The van der Waals surface area contributed by atoms with Gasteiger partial charge in [0.25, 0.3) is 0 Å². The third kappa shape index (κ3) is 12.0. The van der Waals surface area contributed by atoms with Crippen LogP contribution in [0.3, 0.4) is 0 Å². The molecule has 0 unspecified atom stereocenters. The van der Waals surface area contributed by atoms with Gasteiger partial charge in [-0.05, 0) is 151 Å². The lowest BCUT2D eigenvalue weighted by atomic mass is 9.94. The molecule has 0 radical (unpaired) electrons. The number of esters is 2. The third-order valence-electron chi connectivity index (χ3n) is 4.62. The Morgan fingerprint density at radius 3 is 1.46 bits per heavy atom. The number of allylic oxidation sites excluding steroid dienone is 2. The van der Waals surface area contributed by atoms with Crippen LogP contribution in [0.1, 0.15) is 65.9 Å². The zero-order valence-corrected chi connectivity index (χ0v) is 22.5. The van der Waals surface area contributed by atoms with Gasteiger partial charge in [0.15, 0.2) is 0 Å². The maximum Gasteiger partial charge on any atom is 0.308 e. The van der Waals surface area contributed by atoms with Crippen molar-refractivity contribution in [1.29, 1.82) is 0 Å². The van der Waals surface area contributed by atoms with E-state index in [1.807, 2.05) is 33.8 Å². The Bertz CT molecular complexity index is 1810. The summed E-state index contributed by atoms with van der Waals surface area (Å²) in [7, 11) is 0. The van der Waals surface area contributed by atoms with Gasteiger partial charge < -0.3 is 9.47 Å². The number of terminal acetylenes is 1. The summed E-state index contributed by atoms with van der Waals surface area (Å²) in [4.78, 5) is 23.3. The first-order chi connectivity index (χ1) is 18.7. The second kappa shape index (κ2) is 17.4. The predicted molar refractivity (Wildman–Crippen MR) is 186 cm³/mol. The molecule has 0 spiro atoms. The summed E-state index contributed by atoms with van der Waals surface area (Å²) in [5, 5.41) is 0. The van der Waals surface area contributed by atoms with E-state index in [0.29, 0.717) is 23.5 Å². The topological polar surface area (TPSA) is 52.6 Å². The van der Waals surface area contributed by atoms with Gasteiger partial charge in [-0.15, -0.1) is 6.42 Å². The fourth-order valence-corrected chi connectivity index (χ4v) is 2.86. The van der Waals surface area contributed by atoms with E-state index in [0.717, 1.165) is 22.3 Å². The molecule has 0 aliphatic heterocycles. The first-order valence-corrected chi connectivity index (χ1v) is 11.3. The number of rotatable bonds is 4. The van der Waals surface area contributed by atoms with Crippen LogP contribution in [0.25, 0.3) is 0 Å². The highest BCUT2D eigenvalue weighted by Crippen LogP contribution is 2.38. The zero-order valence-electron chi connectivity index (χ0n) is 22.5. The lowest BCUT2D eigenvalue weighted by Crippen LogP contribution is -2.11. The van der Waals surface area contributed by atoms with Crippen molar-refractivity contribution in [2.24, 2.45) is 0 Å². The third-order valence-corrected chi connectivity index (χ3v) is 4.62. The average molecular weight is 539 g/mol. The minimum Gasteiger partial charge on any atom is -0.426 e. The molecule has 0 saturated carbocycles. The molecular formula is C35H54O4. The Balaban J connectivity index is -0.0000000679. The van der Waals surface area contributed by atoms with Crippen molar-refractivity contribution in [2.45, 2.75) is 48.0 Å². The standard InChI is InChI=1S/C35H22O4.16H2/c1-8-9-10-11-12-13-14-15-16-17-18-19-20-21-22-23-24-27(2)25-26-33-30(5)34(38-31(6)36)28(3)29(4)35(33)39-32(7)37;;;;;;;;;;;;;;;;/h1,25H,26H2,2-7H3;16*1H/b27-25+;;;;;;;;;;;;;;;;. The smallest absolute Gasteiger partial charge is 0.308 e. The number of benzene rings is 1. The van der Waals surface area contributed by atoms with Crippen molar-refractivity contribution in [3.8, 4) is 119 Å². The molecule has 1 aromatic carbocycles. The van der Waals surface area contributed by atoms with Gasteiger partial charge in [0, 0.05) is 42.2 Å². The summed E-state index contributed by atoms with van der Waals surface area (Å²) in [6, 6.07) is 0. The molecule has 218 valence electrons. The zero-order chi connectivity index (χ0) is 29.0. The van der Waals surface area contributed by atoms with Gasteiger partial charge >= 0.3 is 11.9 Å². The van der Waals surface area contributed by atoms with Crippen LogP contribution in [-0.2, 0) is 16.0 Å². The van der Waals surface area contributed by atoms with Gasteiger partial charge in [-0.1, -0.05) is 12.0 Å². The van der Waals surface area contributed by atoms with Crippen molar-refractivity contribution >= 4 is 11.9 Å². The summed E-state index contributed by atoms with van der Waals surface area (Å²) >= 11 is 0. The molecule has 1 aromatic rings. The second-order valence-corrected chi connectivity index (χ2v) is 7.43. The molecular weight excluding hydrogens is 484 g/mol. The van der Waals surface area contributed by atoms with Crippen LogP contribution >= 0.6 is 0 Å². The molecule has 39 heavy (non-hydrogen) atoms. The van der Waals surface area contributed by atoms with Crippen LogP contribution in [-0.4, -0.2) is 11.9 Å². The number of hydrogen-bond donors (Lipinski definition) is 0. The first kappa shape index (κ1) is 31.0. The van der Waals surface area contributed by atoms with E-state index in [4.69, 9.17) is 15.9 Å². The second-order valence-electron chi connectivity index (χ2n) is 7.43. The maximum atomic E-state index is 11.7. The average Bonchev–Trinajstić information content (AvgIpc) is 2.88. The number of carbonyl (C=O) groups is 2. The van der Waals surface area contributed by atoms with Gasteiger partial charge in [0.1, 0.15) is 11.5 Å². The Hall–Kier alpha value is -6.06. The van der Waals surface area contributed by atoms with Crippen molar-refractivity contribution < 1.29 is 41.9 Å². The quantitative estimate of drug-likeness (QED) is 0.226. The summed E-state index contributed by atoms with van der Waals surface area (Å²) in [5.74, 6) is 42.9. The molecule has 0 aliphatic carbocycles. The lowest BCUT2D eigenvalue weighted by molar-refractivity contribution is -0.133. The molecule has 0 amide bonds. The Morgan fingerprint density at radius 2 is 1.03 bits per heavy atom. The molecule has 4 nitrogen and oxygen atoms in total. The van der Waals surface area contributed by atoms with E-state index < -0.39 is 11.9 Å². The van der Waals surface area contributed by atoms with Crippen molar-refractivity contribution in [2.75, 3.05) is 0 Å². The minimum atomic E-state index is -0.436. The molecule has 0 atom stereocenters. The largest absolute Gasteiger partial charge is 0.426 e. The maximum absolute atomic E-state index is 11.7. The van der Waals surface area contributed by atoms with Gasteiger partial charge in [0.05, 0.1) is 0 Å². The highest BCUT2D eigenvalue weighted by Gasteiger charge is 2.21. The molecule has 1 rings (SSSR count). The SMILES string of the molecule is C#CC#CC#CC#CC#CC#CC#CC#CC#C/C(C)=C/Cc1c(C)c(OC(C)=O)c(C)c(C)c1OC(C)=O.[HH].[HH].[HH].[HH].[HH].[HH].[HH].[HH].[HH].[HH].[HH].[HH].[HH].[HH].[HH].[HH]. The monoisotopic (exact) mass is 538 g/mol. The number of ether oxygens (including phenoxy) is 2. The first-order valence-electron chi connectivity index (χ1n) is 11.3. The molecule has 0 aliphatic rings. The molecule has 0 heterocycles. The van der Waals surface area contributed by atoms with E-state index in [1.54, 1.807) is 0 Å². The molecule has 0 aromatic heterocycles. The predicted octanol–water partition coefficient (Wildman–Crippen LogP) is 7.55. The minimum absolute atomic E-state index is 0.